The molecule has 1 aromatic heterocycles. The second-order valence-corrected chi connectivity index (χ2v) is 6.26. The number of rotatable bonds is 4. The molecule has 3 nitrogen and oxygen atoms in total. The van der Waals surface area contributed by atoms with E-state index in [4.69, 9.17) is 23.2 Å². The van der Waals surface area contributed by atoms with Gasteiger partial charge in [-0.2, -0.15) is 0 Å². The molecule has 1 saturated heterocycles. The average Bonchev–Trinajstić information content (AvgIpc) is 2.57. The van der Waals surface area contributed by atoms with Crippen LogP contribution in [0.1, 0.15) is 17.3 Å². The number of nitrogens with zero attached hydrogens (tertiary/aromatic N) is 2. The number of aromatic nitrogens is 1. The van der Waals surface area contributed by atoms with E-state index >= 15 is 0 Å². The summed E-state index contributed by atoms with van der Waals surface area (Å²) in [5.74, 6) is 0. The first-order valence-corrected chi connectivity index (χ1v) is 8.30. The van der Waals surface area contributed by atoms with E-state index < -0.39 is 0 Å². The monoisotopic (exact) mass is 335 g/mol. The zero-order chi connectivity index (χ0) is 15.4. The lowest BCUT2D eigenvalue weighted by Gasteiger charge is -2.35. The van der Waals surface area contributed by atoms with Gasteiger partial charge < -0.3 is 5.32 Å². The van der Waals surface area contributed by atoms with E-state index in [1.165, 1.54) is 0 Å². The molecular formula is C17H19Cl2N3. The van der Waals surface area contributed by atoms with Gasteiger partial charge in [0.05, 0.1) is 10.0 Å². The highest BCUT2D eigenvalue weighted by molar-refractivity contribution is 6.42. The quantitative estimate of drug-likeness (QED) is 0.925. The van der Waals surface area contributed by atoms with Crippen molar-refractivity contribution in [2.24, 2.45) is 0 Å². The smallest absolute Gasteiger partial charge is 0.0640 e. The van der Waals surface area contributed by atoms with Crippen molar-refractivity contribution in [2.45, 2.75) is 12.5 Å². The molecular weight excluding hydrogens is 317 g/mol. The second-order valence-electron chi connectivity index (χ2n) is 5.47. The SMILES string of the molecule is Clc1cccc(C(Cc2ccccn2)N2CCNCC2)c1Cl. The van der Waals surface area contributed by atoms with Crippen molar-refractivity contribution in [2.75, 3.05) is 26.2 Å². The summed E-state index contributed by atoms with van der Waals surface area (Å²) in [5.41, 5.74) is 2.16. The van der Waals surface area contributed by atoms with E-state index in [2.05, 4.69) is 27.3 Å². The van der Waals surface area contributed by atoms with Gasteiger partial charge in [-0.3, -0.25) is 9.88 Å². The summed E-state index contributed by atoms with van der Waals surface area (Å²) >= 11 is 12.7. The maximum atomic E-state index is 6.48. The number of benzene rings is 1. The van der Waals surface area contributed by atoms with Crippen molar-refractivity contribution in [1.82, 2.24) is 15.2 Å². The topological polar surface area (TPSA) is 28.2 Å². The molecule has 0 bridgehead atoms. The van der Waals surface area contributed by atoms with Crippen molar-refractivity contribution in [3.63, 3.8) is 0 Å². The molecule has 2 heterocycles. The van der Waals surface area contributed by atoms with Gasteiger partial charge in [-0.15, -0.1) is 0 Å². The number of hydrogen-bond acceptors (Lipinski definition) is 3. The van der Waals surface area contributed by atoms with E-state index in [-0.39, 0.29) is 6.04 Å². The molecule has 2 aromatic rings. The Hall–Kier alpha value is -1.13. The molecule has 1 aromatic carbocycles. The van der Waals surface area contributed by atoms with Gasteiger partial charge >= 0.3 is 0 Å². The molecule has 1 aliphatic rings. The predicted molar refractivity (Wildman–Crippen MR) is 91.6 cm³/mol. The molecule has 1 unspecified atom stereocenters. The van der Waals surface area contributed by atoms with Crippen LogP contribution in [-0.2, 0) is 6.42 Å². The Morgan fingerprint density at radius 1 is 1.09 bits per heavy atom. The number of hydrogen-bond donors (Lipinski definition) is 1. The number of pyridine rings is 1. The summed E-state index contributed by atoms with van der Waals surface area (Å²) in [6, 6.07) is 12.1. The Morgan fingerprint density at radius 3 is 2.64 bits per heavy atom. The van der Waals surface area contributed by atoms with Gasteiger partial charge in [-0.1, -0.05) is 41.4 Å². The van der Waals surface area contributed by atoms with Crippen LogP contribution in [0.2, 0.25) is 10.0 Å². The lowest BCUT2D eigenvalue weighted by atomic mass is 9.99. The first-order chi connectivity index (χ1) is 10.8. The van der Waals surface area contributed by atoms with E-state index in [0.717, 1.165) is 43.9 Å². The van der Waals surface area contributed by atoms with E-state index in [1.54, 1.807) is 0 Å². The van der Waals surface area contributed by atoms with Gasteiger partial charge in [0.1, 0.15) is 0 Å². The van der Waals surface area contributed by atoms with Crippen LogP contribution in [0, 0.1) is 0 Å². The number of nitrogens with one attached hydrogen (secondary N) is 1. The summed E-state index contributed by atoms with van der Waals surface area (Å²) in [5, 5.41) is 4.66. The highest BCUT2D eigenvalue weighted by Crippen LogP contribution is 2.34. The molecule has 0 amide bonds. The highest BCUT2D eigenvalue weighted by Gasteiger charge is 2.25. The Morgan fingerprint density at radius 2 is 1.91 bits per heavy atom. The normalized spacial score (nSPS) is 17.4. The third-order valence-electron chi connectivity index (χ3n) is 4.06. The van der Waals surface area contributed by atoms with Crippen LogP contribution in [0.15, 0.2) is 42.6 Å². The molecule has 1 N–H and O–H groups in total. The van der Waals surface area contributed by atoms with Gasteiger partial charge in [-0.05, 0) is 23.8 Å². The molecule has 0 spiro atoms. The number of piperazine rings is 1. The van der Waals surface area contributed by atoms with E-state index in [9.17, 15) is 0 Å². The molecule has 116 valence electrons. The summed E-state index contributed by atoms with van der Waals surface area (Å²) in [6.07, 6.45) is 2.67. The van der Waals surface area contributed by atoms with Crippen LogP contribution in [0.5, 0.6) is 0 Å². The van der Waals surface area contributed by atoms with Crippen molar-refractivity contribution in [1.29, 1.82) is 0 Å². The van der Waals surface area contributed by atoms with Crippen molar-refractivity contribution in [3.05, 3.63) is 63.9 Å². The number of halogens is 2. The zero-order valence-electron chi connectivity index (χ0n) is 12.3. The Kier molecular flexibility index (Phi) is 5.32. The molecule has 22 heavy (non-hydrogen) atoms. The molecule has 0 aliphatic carbocycles. The summed E-state index contributed by atoms with van der Waals surface area (Å²) < 4.78 is 0. The van der Waals surface area contributed by atoms with Crippen LogP contribution in [0.25, 0.3) is 0 Å². The van der Waals surface area contributed by atoms with Crippen LogP contribution in [-0.4, -0.2) is 36.1 Å². The fourth-order valence-electron chi connectivity index (χ4n) is 2.92. The Labute approximate surface area is 141 Å². The minimum Gasteiger partial charge on any atom is -0.314 e. The highest BCUT2D eigenvalue weighted by atomic mass is 35.5. The van der Waals surface area contributed by atoms with Gasteiger partial charge in [0, 0.05) is 50.5 Å². The molecule has 5 heteroatoms. The van der Waals surface area contributed by atoms with Crippen LogP contribution < -0.4 is 5.32 Å². The van der Waals surface area contributed by atoms with Gasteiger partial charge in [0.2, 0.25) is 0 Å². The molecule has 0 saturated carbocycles. The van der Waals surface area contributed by atoms with Crippen molar-refractivity contribution < 1.29 is 0 Å². The fraction of sp³-hybridized carbons (Fsp3) is 0.353. The van der Waals surface area contributed by atoms with Crippen molar-refractivity contribution in [3.8, 4) is 0 Å². The fourth-order valence-corrected chi connectivity index (χ4v) is 3.36. The molecule has 1 fully saturated rings. The summed E-state index contributed by atoms with van der Waals surface area (Å²) in [4.78, 5) is 6.93. The first-order valence-electron chi connectivity index (χ1n) is 7.54. The van der Waals surface area contributed by atoms with Crippen LogP contribution in [0.4, 0.5) is 0 Å². The summed E-state index contributed by atoms with van der Waals surface area (Å²) in [6.45, 7) is 3.99. The standard InChI is InChI=1S/C17H19Cl2N3/c18-15-6-3-5-14(17(15)19)16(22-10-8-20-9-11-22)12-13-4-1-2-7-21-13/h1-7,16,20H,8-12H2. The minimum absolute atomic E-state index is 0.197. The maximum Gasteiger partial charge on any atom is 0.0640 e. The van der Waals surface area contributed by atoms with Crippen LogP contribution >= 0.6 is 23.2 Å². The van der Waals surface area contributed by atoms with Crippen molar-refractivity contribution >= 4 is 23.2 Å². The van der Waals surface area contributed by atoms with Gasteiger partial charge in [0.25, 0.3) is 0 Å². The third kappa shape index (κ3) is 3.61. The Bertz CT molecular complexity index is 613. The lowest BCUT2D eigenvalue weighted by Crippen LogP contribution is -2.45. The third-order valence-corrected chi connectivity index (χ3v) is 4.89. The Balaban J connectivity index is 1.93. The predicted octanol–water partition coefficient (Wildman–Crippen LogP) is 3.58. The van der Waals surface area contributed by atoms with Gasteiger partial charge in [-0.25, -0.2) is 0 Å². The average molecular weight is 336 g/mol. The van der Waals surface area contributed by atoms with E-state index in [0.29, 0.717) is 10.0 Å². The second kappa shape index (κ2) is 7.42. The maximum absolute atomic E-state index is 6.48. The molecule has 3 rings (SSSR count). The van der Waals surface area contributed by atoms with Gasteiger partial charge in [0.15, 0.2) is 0 Å². The zero-order valence-corrected chi connectivity index (χ0v) is 13.8. The van der Waals surface area contributed by atoms with E-state index in [1.807, 2.05) is 30.5 Å². The molecule has 0 radical (unpaired) electrons. The lowest BCUT2D eigenvalue weighted by molar-refractivity contribution is 0.171. The summed E-state index contributed by atoms with van der Waals surface area (Å²) in [7, 11) is 0. The molecule has 1 aliphatic heterocycles. The largest absolute Gasteiger partial charge is 0.314 e. The minimum atomic E-state index is 0.197. The van der Waals surface area contributed by atoms with Crippen LogP contribution in [0.3, 0.4) is 0 Å². The molecule has 1 atom stereocenters. The first kappa shape index (κ1) is 15.8.